The average molecular weight is 231 g/mol. The average Bonchev–Trinajstić information content (AvgIpc) is 2.33. The van der Waals surface area contributed by atoms with Gasteiger partial charge in [0, 0.05) is 7.11 Å². The first-order valence-electron chi connectivity index (χ1n) is 5.94. The van der Waals surface area contributed by atoms with E-state index in [2.05, 4.69) is 11.1 Å². The van der Waals surface area contributed by atoms with E-state index in [1.54, 1.807) is 13.2 Å². The zero-order chi connectivity index (χ0) is 12.3. The zero-order valence-corrected chi connectivity index (χ0v) is 10.3. The molecule has 17 heavy (non-hydrogen) atoms. The second kappa shape index (κ2) is 4.82. The highest BCUT2D eigenvalue weighted by atomic mass is 16.5. The third-order valence-corrected chi connectivity index (χ3v) is 3.69. The summed E-state index contributed by atoms with van der Waals surface area (Å²) in [5.74, 6) is 0. The van der Waals surface area contributed by atoms with Crippen molar-refractivity contribution in [1.29, 1.82) is 0 Å². The van der Waals surface area contributed by atoms with Gasteiger partial charge in [-0.1, -0.05) is 24.3 Å². The number of hydrogen-bond acceptors (Lipinski definition) is 3. The topological polar surface area (TPSA) is 38.7 Å². The van der Waals surface area contributed by atoms with E-state index >= 15 is 0 Å². The predicted molar refractivity (Wildman–Crippen MR) is 65.5 cm³/mol. The van der Waals surface area contributed by atoms with Gasteiger partial charge in [-0.25, -0.2) is 4.79 Å². The van der Waals surface area contributed by atoms with Gasteiger partial charge < -0.3 is 4.74 Å². The molecule has 1 unspecified atom stereocenters. The van der Waals surface area contributed by atoms with E-state index in [0.29, 0.717) is 0 Å². The maximum Gasteiger partial charge on any atom is 0.235 e. The van der Waals surface area contributed by atoms with Crippen LogP contribution < -0.4 is 0 Å². The molecule has 1 aromatic rings. The first kappa shape index (κ1) is 12.0. The van der Waals surface area contributed by atoms with E-state index in [-0.39, 0.29) is 11.6 Å². The molecule has 1 saturated carbocycles. The molecule has 0 radical (unpaired) electrons. The highest BCUT2D eigenvalue weighted by molar-refractivity contribution is 5.40. The standard InChI is InChI=1S/C14H17NO2/c1-11(17-2)12-5-3-6-13(9-12)14(15-10-16)7-4-8-14/h3,5-6,9,11H,4,7-8H2,1-2H3. The number of carbonyl (C=O) groups excluding carboxylic acids is 1. The van der Waals surface area contributed by atoms with Crippen LogP contribution in [0.3, 0.4) is 0 Å². The van der Waals surface area contributed by atoms with Crippen molar-refractivity contribution in [2.45, 2.75) is 37.8 Å². The molecular weight excluding hydrogens is 214 g/mol. The molecule has 0 aliphatic heterocycles. The fourth-order valence-electron chi connectivity index (χ4n) is 2.28. The number of hydrogen-bond donors (Lipinski definition) is 0. The molecule has 1 atom stereocenters. The van der Waals surface area contributed by atoms with E-state index < -0.39 is 0 Å². The van der Waals surface area contributed by atoms with Crippen LogP contribution in [-0.2, 0) is 15.1 Å². The van der Waals surface area contributed by atoms with Crippen molar-refractivity contribution < 1.29 is 9.53 Å². The Morgan fingerprint density at radius 1 is 1.47 bits per heavy atom. The molecule has 0 N–H and O–H groups in total. The van der Waals surface area contributed by atoms with Gasteiger partial charge in [-0.15, -0.1) is 0 Å². The van der Waals surface area contributed by atoms with Crippen molar-refractivity contribution in [3.63, 3.8) is 0 Å². The highest BCUT2D eigenvalue weighted by Gasteiger charge is 2.38. The first-order valence-corrected chi connectivity index (χ1v) is 5.94. The second-order valence-corrected chi connectivity index (χ2v) is 4.59. The van der Waals surface area contributed by atoms with Crippen molar-refractivity contribution in [1.82, 2.24) is 0 Å². The van der Waals surface area contributed by atoms with E-state index in [9.17, 15) is 4.79 Å². The van der Waals surface area contributed by atoms with Crippen LogP contribution in [-0.4, -0.2) is 13.2 Å². The van der Waals surface area contributed by atoms with Crippen LogP contribution in [0.5, 0.6) is 0 Å². The van der Waals surface area contributed by atoms with Gasteiger partial charge >= 0.3 is 0 Å². The van der Waals surface area contributed by atoms with Crippen molar-refractivity contribution in [2.75, 3.05) is 7.11 Å². The normalized spacial score (nSPS) is 18.9. The Hall–Kier alpha value is -1.44. The Kier molecular flexibility index (Phi) is 3.41. The van der Waals surface area contributed by atoms with Crippen LogP contribution in [0.15, 0.2) is 29.3 Å². The largest absolute Gasteiger partial charge is 0.377 e. The molecule has 0 heterocycles. The molecule has 0 bridgehead atoms. The van der Waals surface area contributed by atoms with Gasteiger partial charge in [0.15, 0.2) is 0 Å². The smallest absolute Gasteiger partial charge is 0.235 e. The monoisotopic (exact) mass is 231 g/mol. The molecule has 1 aliphatic rings. The third kappa shape index (κ3) is 2.17. The molecular formula is C14H17NO2. The Bertz CT molecular complexity index is 445. The molecule has 0 aromatic heterocycles. The minimum absolute atomic E-state index is 0.0623. The Labute approximate surface area is 102 Å². The van der Waals surface area contributed by atoms with Crippen molar-refractivity contribution in [3.8, 4) is 0 Å². The maximum absolute atomic E-state index is 10.5. The van der Waals surface area contributed by atoms with Gasteiger partial charge in [0.05, 0.1) is 11.6 Å². The van der Waals surface area contributed by atoms with Gasteiger partial charge in [0.1, 0.15) is 0 Å². The number of nitrogens with zero attached hydrogens (tertiary/aromatic N) is 1. The summed E-state index contributed by atoms with van der Waals surface area (Å²) in [5.41, 5.74) is 1.91. The van der Waals surface area contributed by atoms with Gasteiger partial charge in [-0.05, 0) is 37.3 Å². The Morgan fingerprint density at radius 3 is 2.76 bits per heavy atom. The summed E-state index contributed by atoms with van der Waals surface area (Å²) in [5, 5.41) is 0. The van der Waals surface area contributed by atoms with Crippen LogP contribution in [0.1, 0.15) is 43.4 Å². The molecule has 3 heteroatoms. The van der Waals surface area contributed by atoms with Crippen LogP contribution >= 0.6 is 0 Å². The number of rotatable bonds is 4. The summed E-state index contributed by atoms with van der Waals surface area (Å²) in [6, 6.07) is 8.16. The zero-order valence-electron chi connectivity index (χ0n) is 10.3. The van der Waals surface area contributed by atoms with E-state index in [1.165, 1.54) is 0 Å². The lowest BCUT2D eigenvalue weighted by molar-refractivity contribution is 0.119. The van der Waals surface area contributed by atoms with Gasteiger partial charge in [0.2, 0.25) is 6.08 Å². The van der Waals surface area contributed by atoms with Crippen molar-refractivity contribution in [3.05, 3.63) is 35.4 Å². The molecule has 1 aliphatic carbocycles. The van der Waals surface area contributed by atoms with Crippen LogP contribution in [0.25, 0.3) is 0 Å². The number of methoxy groups -OCH3 is 1. The number of benzene rings is 1. The van der Waals surface area contributed by atoms with Gasteiger partial charge in [0.25, 0.3) is 0 Å². The molecule has 1 aromatic carbocycles. The second-order valence-electron chi connectivity index (χ2n) is 4.59. The summed E-state index contributed by atoms with van der Waals surface area (Å²) in [4.78, 5) is 14.6. The molecule has 1 fully saturated rings. The lowest BCUT2D eigenvalue weighted by atomic mass is 9.72. The van der Waals surface area contributed by atoms with E-state index in [0.717, 1.165) is 30.4 Å². The Balaban J connectivity index is 2.35. The summed E-state index contributed by atoms with van der Waals surface area (Å²) < 4.78 is 5.31. The highest BCUT2D eigenvalue weighted by Crippen LogP contribution is 2.45. The van der Waals surface area contributed by atoms with E-state index in [4.69, 9.17) is 4.74 Å². The minimum Gasteiger partial charge on any atom is -0.377 e. The first-order chi connectivity index (χ1) is 8.22. The summed E-state index contributed by atoms with van der Waals surface area (Å²) in [6.45, 7) is 2.01. The van der Waals surface area contributed by atoms with E-state index in [1.807, 2.05) is 25.1 Å². The van der Waals surface area contributed by atoms with Gasteiger partial charge in [-0.3, -0.25) is 0 Å². The van der Waals surface area contributed by atoms with Crippen LogP contribution in [0, 0.1) is 0 Å². The lowest BCUT2D eigenvalue weighted by Gasteiger charge is -2.37. The summed E-state index contributed by atoms with van der Waals surface area (Å²) >= 11 is 0. The molecule has 0 amide bonds. The Morgan fingerprint density at radius 2 is 2.24 bits per heavy atom. The lowest BCUT2D eigenvalue weighted by Crippen LogP contribution is -2.32. The maximum atomic E-state index is 10.5. The molecule has 2 rings (SSSR count). The van der Waals surface area contributed by atoms with Crippen LogP contribution in [0.4, 0.5) is 0 Å². The molecule has 0 saturated heterocycles. The number of ether oxygens (including phenoxy) is 1. The fourth-order valence-corrected chi connectivity index (χ4v) is 2.28. The molecule has 90 valence electrons. The fraction of sp³-hybridized carbons (Fsp3) is 0.500. The minimum atomic E-state index is -0.314. The molecule has 0 spiro atoms. The quantitative estimate of drug-likeness (QED) is 0.590. The van der Waals surface area contributed by atoms with Crippen molar-refractivity contribution in [2.24, 2.45) is 4.99 Å². The third-order valence-electron chi connectivity index (χ3n) is 3.69. The summed E-state index contributed by atoms with van der Waals surface area (Å²) in [7, 11) is 1.69. The number of isocyanates is 1. The predicted octanol–water partition coefficient (Wildman–Crippen LogP) is 3.11. The SMILES string of the molecule is COC(C)c1cccc(C2(N=C=O)CCC2)c1. The summed E-state index contributed by atoms with van der Waals surface area (Å²) in [6.07, 6.45) is 4.77. The van der Waals surface area contributed by atoms with Crippen LogP contribution in [0.2, 0.25) is 0 Å². The number of aliphatic imine (C=N–C) groups is 1. The molecule has 3 nitrogen and oxygen atoms in total. The van der Waals surface area contributed by atoms with Gasteiger partial charge in [-0.2, -0.15) is 4.99 Å². The van der Waals surface area contributed by atoms with Crippen molar-refractivity contribution >= 4 is 6.08 Å².